The summed E-state index contributed by atoms with van der Waals surface area (Å²) in [6.07, 6.45) is 5.06. The van der Waals surface area contributed by atoms with E-state index >= 15 is 0 Å². The predicted octanol–water partition coefficient (Wildman–Crippen LogP) is 4.85. The molecule has 0 unspecified atom stereocenters. The van der Waals surface area contributed by atoms with Gasteiger partial charge in [-0.05, 0) is 62.8 Å². The number of thiol groups is 1. The largest absolute Gasteiger partial charge is 0.498 e. The van der Waals surface area contributed by atoms with E-state index in [1.54, 1.807) is 0 Å². The molecule has 204 valence electrons. The number of carbonyl (C=O) groups is 1. The van der Waals surface area contributed by atoms with Crippen LogP contribution in [-0.2, 0) is 19.6 Å². The fraction of sp³-hybridized carbons (Fsp3) is 0.467. The summed E-state index contributed by atoms with van der Waals surface area (Å²) in [7, 11) is -0.457. The predicted molar refractivity (Wildman–Crippen MR) is 156 cm³/mol. The number of amides is 1. The van der Waals surface area contributed by atoms with Gasteiger partial charge in [0, 0.05) is 42.6 Å². The van der Waals surface area contributed by atoms with Gasteiger partial charge >= 0.3 is 13.2 Å². The molecular weight excluding hydrogens is 509 g/mol. The summed E-state index contributed by atoms with van der Waals surface area (Å²) in [4.78, 5) is 15.0. The molecule has 2 aromatic carbocycles. The number of aromatic nitrogens is 2. The summed E-state index contributed by atoms with van der Waals surface area (Å²) in [5.41, 5.74) is 4.69. The van der Waals surface area contributed by atoms with Crippen LogP contribution in [0.25, 0.3) is 11.1 Å². The maximum absolute atomic E-state index is 13.1. The van der Waals surface area contributed by atoms with E-state index in [-0.39, 0.29) is 17.6 Å². The van der Waals surface area contributed by atoms with Gasteiger partial charge in [0.05, 0.1) is 16.7 Å². The Labute approximate surface area is 236 Å². The highest BCUT2D eigenvalue weighted by Gasteiger charge is 2.52. The standard InChI is InChI=1S/C30H36BN3O4S/c1-28(2)29(3,4)38-31(37-28)21-17-32-34(18-21)30(20-39)13-15-33(16-14-30)27(35)36-19-26-24-11-7-5-9-22(24)23-10-6-8-12-25(23)26/h5-12,17-18,26,39H,13-16,19-20H2,1-4H3. The van der Waals surface area contributed by atoms with Crippen molar-refractivity contribution in [3.63, 3.8) is 0 Å². The van der Waals surface area contributed by atoms with Crippen molar-refractivity contribution in [2.24, 2.45) is 0 Å². The van der Waals surface area contributed by atoms with Crippen molar-refractivity contribution >= 4 is 31.3 Å². The highest BCUT2D eigenvalue weighted by Crippen LogP contribution is 2.44. The Kier molecular flexibility index (Phi) is 6.60. The van der Waals surface area contributed by atoms with E-state index in [9.17, 15) is 4.79 Å². The van der Waals surface area contributed by atoms with Gasteiger partial charge in [0.15, 0.2) is 0 Å². The molecule has 2 fully saturated rings. The summed E-state index contributed by atoms with van der Waals surface area (Å²) in [6.45, 7) is 9.69. The lowest BCUT2D eigenvalue weighted by Gasteiger charge is -2.40. The fourth-order valence-electron chi connectivity index (χ4n) is 5.95. The molecule has 0 N–H and O–H groups in total. The number of hydrogen-bond acceptors (Lipinski definition) is 6. The molecule has 0 saturated carbocycles. The molecule has 0 bridgehead atoms. The van der Waals surface area contributed by atoms with Gasteiger partial charge in [0.25, 0.3) is 0 Å². The second-order valence-electron chi connectivity index (χ2n) is 12.0. The first-order chi connectivity index (χ1) is 18.6. The zero-order valence-corrected chi connectivity index (χ0v) is 24.0. The molecule has 0 atom stereocenters. The van der Waals surface area contributed by atoms with E-state index < -0.39 is 18.3 Å². The van der Waals surface area contributed by atoms with Crippen molar-refractivity contribution in [2.45, 2.75) is 63.2 Å². The number of piperidine rings is 1. The number of ether oxygens (including phenoxy) is 1. The maximum Gasteiger partial charge on any atom is 0.498 e. The number of carbonyl (C=O) groups excluding carboxylic acids is 1. The molecule has 1 aliphatic carbocycles. The Hall–Kier alpha value is -2.75. The van der Waals surface area contributed by atoms with Crippen LogP contribution in [0.3, 0.4) is 0 Å². The van der Waals surface area contributed by atoms with Gasteiger partial charge in [-0.15, -0.1) is 0 Å². The topological polar surface area (TPSA) is 65.8 Å². The average molecular weight is 546 g/mol. The third-order valence-corrected chi connectivity index (χ3v) is 9.79. The molecule has 2 saturated heterocycles. The fourth-order valence-corrected chi connectivity index (χ4v) is 6.41. The second-order valence-corrected chi connectivity index (χ2v) is 12.3. The SMILES string of the molecule is CC1(C)OB(c2cnn(C3(CS)CCN(C(=O)OCC4c5ccccc5-c5ccccc54)CC3)c2)OC1(C)C. The molecule has 9 heteroatoms. The first-order valence-corrected chi connectivity index (χ1v) is 14.4. The van der Waals surface area contributed by atoms with Gasteiger partial charge in [-0.1, -0.05) is 48.5 Å². The number of likely N-dealkylation sites (tertiary alicyclic amines) is 1. The van der Waals surface area contributed by atoms with E-state index in [2.05, 4.69) is 48.5 Å². The molecule has 1 aromatic heterocycles. The van der Waals surface area contributed by atoms with Crippen LogP contribution >= 0.6 is 12.6 Å². The minimum absolute atomic E-state index is 0.0557. The Morgan fingerprint density at radius 2 is 1.56 bits per heavy atom. The number of hydrogen-bond donors (Lipinski definition) is 1. The van der Waals surface area contributed by atoms with Crippen LogP contribution in [0.15, 0.2) is 60.9 Å². The first-order valence-electron chi connectivity index (χ1n) is 13.8. The summed E-state index contributed by atoms with van der Waals surface area (Å²) < 4.78 is 20.3. The molecule has 1 amide bonds. The third-order valence-electron chi connectivity index (χ3n) is 9.20. The van der Waals surface area contributed by atoms with Crippen LogP contribution < -0.4 is 5.46 Å². The van der Waals surface area contributed by atoms with Crippen LogP contribution in [0.2, 0.25) is 0 Å². The van der Waals surface area contributed by atoms with Crippen LogP contribution in [0, 0.1) is 0 Å². The Bertz CT molecular complexity index is 1320. The Morgan fingerprint density at radius 1 is 1.00 bits per heavy atom. The first kappa shape index (κ1) is 26.5. The van der Waals surface area contributed by atoms with Gasteiger partial charge < -0.3 is 18.9 Å². The van der Waals surface area contributed by atoms with Crippen LogP contribution in [0.1, 0.15) is 57.6 Å². The molecule has 39 heavy (non-hydrogen) atoms. The summed E-state index contributed by atoms with van der Waals surface area (Å²) in [5.74, 6) is 0.677. The number of nitrogens with zero attached hydrogens (tertiary/aromatic N) is 3. The zero-order valence-electron chi connectivity index (χ0n) is 23.1. The molecule has 2 aliphatic heterocycles. The summed E-state index contributed by atoms with van der Waals surface area (Å²) in [6, 6.07) is 16.8. The van der Waals surface area contributed by atoms with E-state index in [0.717, 1.165) is 18.3 Å². The van der Waals surface area contributed by atoms with Crippen molar-refractivity contribution in [3.8, 4) is 11.1 Å². The highest BCUT2D eigenvalue weighted by molar-refractivity contribution is 7.80. The van der Waals surface area contributed by atoms with Crippen LogP contribution in [0.5, 0.6) is 0 Å². The molecular formula is C30H36BN3O4S. The number of benzene rings is 2. The zero-order chi connectivity index (χ0) is 27.4. The lowest BCUT2D eigenvalue weighted by Crippen LogP contribution is -2.49. The minimum Gasteiger partial charge on any atom is -0.448 e. The van der Waals surface area contributed by atoms with Crippen molar-refractivity contribution in [1.82, 2.24) is 14.7 Å². The molecule has 3 aliphatic rings. The number of rotatable bonds is 5. The third kappa shape index (κ3) is 4.48. The van der Waals surface area contributed by atoms with Crippen LogP contribution in [0.4, 0.5) is 4.79 Å². The van der Waals surface area contributed by atoms with Crippen molar-refractivity contribution in [2.75, 3.05) is 25.4 Å². The van der Waals surface area contributed by atoms with Crippen molar-refractivity contribution < 1.29 is 18.8 Å². The normalized spacial score (nSPS) is 21.1. The summed E-state index contributed by atoms with van der Waals surface area (Å²) >= 11 is 4.71. The van der Waals surface area contributed by atoms with E-state index in [1.165, 1.54) is 22.3 Å². The van der Waals surface area contributed by atoms with E-state index in [1.807, 2.05) is 49.7 Å². The lowest BCUT2D eigenvalue weighted by atomic mass is 9.81. The molecule has 3 heterocycles. The van der Waals surface area contributed by atoms with Gasteiger partial charge in [0.1, 0.15) is 6.61 Å². The molecule has 6 rings (SSSR count). The molecule has 0 radical (unpaired) electrons. The quantitative estimate of drug-likeness (QED) is 0.367. The van der Waals surface area contributed by atoms with E-state index in [0.29, 0.717) is 25.4 Å². The van der Waals surface area contributed by atoms with Gasteiger partial charge in [-0.2, -0.15) is 17.7 Å². The average Bonchev–Trinajstić information content (AvgIpc) is 3.61. The highest BCUT2D eigenvalue weighted by atomic mass is 32.1. The lowest BCUT2D eigenvalue weighted by molar-refractivity contribution is 0.00578. The maximum atomic E-state index is 13.1. The Morgan fingerprint density at radius 3 is 2.13 bits per heavy atom. The Balaban J connectivity index is 1.10. The summed E-state index contributed by atoms with van der Waals surface area (Å²) in [5, 5.41) is 4.70. The van der Waals surface area contributed by atoms with Gasteiger partial charge in [-0.25, -0.2) is 4.79 Å². The van der Waals surface area contributed by atoms with E-state index in [4.69, 9.17) is 31.8 Å². The van der Waals surface area contributed by atoms with Crippen molar-refractivity contribution in [1.29, 1.82) is 0 Å². The van der Waals surface area contributed by atoms with Gasteiger partial charge in [-0.3, -0.25) is 4.68 Å². The van der Waals surface area contributed by atoms with Crippen LogP contribution in [-0.4, -0.2) is 64.5 Å². The molecule has 7 nitrogen and oxygen atoms in total. The van der Waals surface area contributed by atoms with Gasteiger partial charge in [0.2, 0.25) is 0 Å². The minimum atomic E-state index is -0.457. The second kappa shape index (κ2) is 9.71. The molecule has 0 spiro atoms. The molecule has 3 aromatic rings. The monoisotopic (exact) mass is 545 g/mol. The smallest absolute Gasteiger partial charge is 0.448 e. The number of fused-ring (bicyclic) bond motifs is 3. The van der Waals surface area contributed by atoms with Crippen molar-refractivity contribution in [3.05, 3.63) is 72.1 Å².